The summed E-state index contributed by atoms with van der Waals surface area (Å²) in [5.74, 6) is -0.404. The minimum atomic E-state index is -0.434. The van der Waals surface area contributed by atoms with Gasteiger partial charge in [0.05, 0.1) is 24.0 Å². The lowest BCUT2D eigenvalue weighted by molar-refractivity contribution is 0.0600. The highest BCUT2D eigenvalue weighted by molar-refractivity contribution is 7.80. The summed E-state index contributed by atoms with van der Waals surface area (Å²) in [6.45, 7) is 2.50. The first kappa shape index (κ1) is 19.6. The molecule has 0 aromatic heterocycles. The van der Waals surface area contributed by atoms with Crippen molar-refractivity contribution in [1.29, 1.82) is 0 Å². The van der Waals surface area contributed by atoms with Crippen molar-refractivity contribution in [2.45, 2.75) is 0 Å². The third kappa shape index (κ3) is 4.40. The number of nitrogens with two attached hydrogens (primary N) is 1. The zero-order chi connectivity index (χ0) is 20.1. The summed E-state index contributed by atoms with van der Waals surface area (Å²) < 4.78 is 4.78. The molecule has 2 aromatic carbocycles. The van der Waals surface area contributed by atoms with Gasteiger partial charge in [0.1, 0.15) is 0 Å². The number of methoxy groups -OCH3 is 1. The van der Waals surface area contributed by atoms with Crippen molar-refractivity contribution in [2.24, 2.45) is 5.73 Å². The van der Waals surface area contributed by atoms with Crippen LogP contribution >= 0.6 is 12.2 Å². The van der Waals surface area contributed by atoms with Crippen LogP contribution in [0.5, 0.6) is 0 Å². The van der Waals surface area contributed by atoms with E-state index < -0.39 is 5.97 Å². The highest BCUT2D eigenvalue weighted by Gasteiger charge is 2.24. The number of hydrogen-bond donors (Lipinski definition) is 2. The van der Waals surface area contributed by atoms with Gasteiger partial charge in [-0.05, 0) is 42.5 Å². The summed E-state index contributed by atoms with van der Waals surface area (Å²) in [7, 11) is 1.33. The van der Waals surface area contributed by atoms with Crippen LogP contribution in [-0.2, 0) is 4.74 Å². The van der Waals surface area contributed by atoms with Crippen LogP contribution < -0.4 is 16.0 Å². The Kier molecular flexibility index (Phi) is 6.10. The topological polar surface area (TPSA) is 87.9 Å². The number of amides is 1. The quantitative estimate of drug-likeness (QED) is 0.602. The largest absolute Gasteiger partial charge is 0.465 e. The fourth-order valence-corrected chi connectivity index (χ4v) is 3.31. The van der Waals surface area contributed by atoms with E-state index in [-0.39, 0.29) is 11.0 Å². The van der Waals surface area contributed by atoms with Gasteiger partial charge in [-0.2, -0.15) is 0 Å². The second-order valence-corrected chi connectivity index (χ2v) is 6.80. The first-order valence-electron chi connectivity index (χ1n) is 8.87. The number of rotatable bonds is 4. The molecule has 0 radical (unpaired) electrons. The molecule has 1 heterocycles. The maximum Gasteiger partial charge on any atom is 0.337 e. The Morgan fingerprint density at radius 2 is 1.71 bits per heavy atom. The van der Waals surface area contributed by atoms with Crippen molar-refractivity contribution in [1.82, 2.24) is 4.90 Å². The Hall–Kier alpha value is -3.13. The third-order valence-corrected chi connectivity index (χ3v) is 4.71. The number of carbonyl (C=O) groups is 2. The van der Waals surface area contributed by atoms with E-state index in [1.54, 1.807) is 12.1 Å². The fraction of sp³-hybridized carbons (Fsp3) is 0.250. The van der Waals surface area contributed by atoms with Crippen LogP contribution in [0.4, 0.5) is 11.4 Å². The van der Waals surface area contributed by atoms with Crippen LogP contribution in [0.15, 0.2) is 48.5 Å². The van der Waals surface area contributed by atoms with Gasteiger partial charge in [0.2, 0.25) is 0 Å². The number of hydrogen-bond acceptors (Lipinski definition) is 5. The number of nitrogens with zero attached hydrogens (tertiary/aromatic N) is 2. The molecule has 1 amide bonds. The molecule has 28 heavy (non-hydrogen) atoms. The van der Waals surface area contributed by atoms with Crippen LogP contribution in [0.2, 0.25) is 0 Å². The molecule has 146 valence electrons. The molecule has 0 atom stereocenters. The van der Waals surface area contributed by atoms with Gasteiger partial charge >= 0.3 is 5.97 Å². The molecule has 3 rings (SSSR count). The van der Waals surface area contributed by atoms with Crippen LogP contribution in [0.1, 0.15) is 20.7 Å². The zero-order valence-electron chi connectivity index (χ0n) is 15.6. The molecule has 3 N–H and O–H groups in total. The average molecular weight is 398 g/mol. The van der Waals surface area contributed by atoms with Gasteiger partial charge in [-0.25, -0.2) is 4.79 Å². The van der Waals surface area contributed by atoms with Crippen molar-refractivity contribution in [2.75, 3.05) is 43.5 Å². The molecule has 1 aliphatic heterocycles. The number of carbonyl (C=O) groups excluding carboxylic acids is 2. The lowest BCUT2D eigenvalue weighted by Crippen LogP contribution is -2.49. The molecule has 0 unspecified atom stereocenters. The van der Waals surface area contributed by atoms with E-state index in [1.807, 2.05) is 41.3 Å². The van der Waals surface area contributed by atoms with E-state index in [9.17, 15) is 9.59 Å². The number of esters is 1. The molecular formula is C20H22N4O3S. The number of piperazine rings is 1. The van der Waals surface area contributed by atoms with Crippen LogP contribution in [-0.4, -0.2) is 55.2 Å². The normalized spacial score (nSPS) is 13.8. The Balaban J connectivity index is 1.75. The van der Waals surface area contributed by atoms with E-state index >= 15 is 0 Å². The van der Waals surface area contributed by atoms with E-state index in [0.29, 0.717) is 43.0 Å². The van der Waals surface area contributed by atoms with Crippen molar-refractivity contribution in [3.63, 3.8) is 0 Å². The molecule has 7 nitrogen and oxygen atoms in total. The van der Waals surface area contributed by atoms with Crippen LogP contribution in [0.25, 0.3) is 0 Å². The summed E-state index contributed by atoms with van der Waals surface area (Å²) in [5, 5.41) is 3.04. The average Bonchev–Trinajstić information content (AvgIpc) is 2.73. The maximum absolute atomic E-state index is 12.6. The van der Waals surface area contributed by atoms with E-state index in [2.05, 4.69) is 10.2 Å². The fourth-order valence-electron chi connectivity index (χ4n) is 3.20. The molecule has 0 bridgehead atoms. The van der Waals surface area contributed by atoms with Crippen molar-refractivity contribution in [3.8, 4) is 0 Å². The molecule has 2 aromatic rings. The number of benzene rings is 2. The van der Waals surface area contributed by atoms with E-state index in [4.69, 9.17) is 22.7 Å². The van der Waals surface area contributed by atoms with Gasteiger partial charge in [-0.15, -0.1) is 0 Å². The minimum absolute atomic E-state index is 0.0303. The monoisotopic (exact) mass is 398 g/mol. The summed E-state index contributed by atoms with van der Waals surface area (Å²) in [5.41, 5.74) is 8.24. The molecule has 0 saturated carbocycles. The number of thiocarbonyl (C=S) groups is 1. The lowest BCUT2D eigenvalue weighted by atomic mass is 10.1. The van der Waals surface area contributed by atoms with Crippen molar-refractivity contribution < 1.29 is 14.3 Å². The lowest BCUT2D eigenvalue weighted by Gasteiger charge is -2.37. The molecular weight excluding hydrogens is 376 g/mol. The van der Waals surface area contributed by atoms with Gasteiger partial charge in [-0.3, -0.25) is 4.79 Å². The SMILES string of the molecule is COC(=O)c1ccc(N2CCN(C(=O)c3ccccc3)CC2)c(NC(N)=S)c1. The number of ether oxygens (including phenoxy) is 1. The summed E-state index contributed by atoms with van der Waals surface area (Å²) in [4.78, 5) is 28.4. The molecule has 8 heteroatoms. The van der Waals surface area contributed by atoms with E-state index in [1.165, 1.54) is 7.11 Å². The number of anilines is 2. The predicted molar refractivity (Wildman–Crippen MR) is 113 cm³/mol. The van der Waals surface area contributed by atoms with Crippen molar-refractivity contribution in [3.05, 3.63) is 59.7 Å². The second-order valence-electron chi connectivity index (χ2n) is 6.36. The number of nitrogens with one attached hydrogen (secondary N) is 1. The highest BCUT2D eigenvalue weighted by atomic mass is 32.1. The Bertz CT molecular complexity index is 880. The van der Waals surface area contributed by atoms with Gasteiger partial charge in [0.15, 0.2) is 5.11 Å². The summed E-state index contributed by atoms with van der Waals surface area (Å²) in [6.07, 6.45) is 0. The van der Waals surface area contributed by atoms with Gasteiger partial charge in [-0.1, -0.05) is 18.2 Å². The first-order valence-corrected chi connectivity index (χ1v) is 9.28. The van der Waals surface area contributed by atoms with Crippen LogP contribution in [0.3, 0.4) is 0 Å². The van der Waals surface area contributed by atoms with Gasteiger partial charge < -0.3 is 25.6 Å². The third-order valence-electron chi connectivity index (χ3n) is 4.60. The molecule has 1 saturated heterocycles. The molecule has 0 spiro atoms. The van der Waals surface area contributed by atoms with Gasteiger partial charge in [0.25, 0.3) is 5.91 Å². The molecule has 1 fully saturated rings. The molecule has 0 aliphatic carbocycles. The van der Waals surface area contributed by atoms with Crippen LogP contribution in [0, 0.1) is 0 Å². The summed E-state index contributed by atoms with van der Waals surface area (Å²) >= 11 is 4.96. The van der Waals surface area contributed by atoms with Crippen molar-refractivity contribution >= 4 is 40.6 Å². The Labute approximate surface area is 169 Å². The second kappa shape index (κ2) is 8.71. The first-order chi connectivity index (χ1) is 13.5. The van der Waals surface area contributed by atoms with E-state index in [0.717, 1.165) is 5.69 Å². The standard InChI is InChI=1S/C20H22N4O3S/c1-27-19(26)15-7-8-17(16(13-15)22-20(21)28)23-9-11-24(12-10-23)18(25)14-5-3-2-4-6-14/h2-8,13H,9-12H2,1H3,(H3,21,22,28). The Morgan fingerprint density at radius 3 is 2.32 bits per heavy atom. The predicted octanol–water partition coefficient (Wildman–Crippen LogP) is 2.09. The highest BCUT2D eigenvalue weighted by Crippen LogP contribution is 2.29. The summed E-state index contributed by atoms with van der Waals surface area (Å²) in [6, 6.07) is 14.5. The maximum atomic E-state index is 12.6. The molecule has 1 aliphatic rings. The Morgan fingerprint density at radius 1 is 1.04 bits per heavy atom. The van der Waals surface area contributed by atoms with Gasteiger partial charge in [0, 0.05) is 31.7 Å². The smallest absolute Gasteiger partial charge is 0.337 e. The zero-order valence-corrected chi connectivity index (χ0v) is 16.4. The minimum Gasteiger partial charge on any atom is -0.465 e.